The molecule has 1 aromatic carbocycles. The van der Waals surface area contributed by atoms with E-state index in [0.717, 1.165) is 5.56 Å². The first kappa shape index (κ1) is 17.0. The van der Waals surface area contributed by atoms with Crippen molar-refractivity contribution < 1.29 is 19.1 Å². The monoisotopic (exact) mass is 294 g/mol. The number of urea groups is 1. The summed E-state index contributed by atoms with van der Waals surface area (Å²) in [5, 5.41) is 2.80. The lowest BCUT2D eigenvalue weighted by Gasteiger charge is -2.22. The summed E-state index contributed by atoms with van der Waals surface area (Å²) in [7, 11) is 2.89. The largest absolute Gasteiger partial charge is 0.469 e. The zero-order chi connectivity index (χ0) is 15.7. The second-order valence-electron chi connectivity index (χ2n) is 4.60. The third-order valence-corrected chi connectivity index (χ3v) is 2.97. The number of esters is 1. The van der Waals surface area contributed by atoms with E-state index in [1.165, 1.54) is 12.0 Å². The molecule has 0 aromatic heterocycles. The first-order valence-electron chi connectivity index (χ1n) is 6.75. The number of aryl methyl sites for hydroxylation is 1. The maximum Gasteiger partial charge on any atom is 0.321 e. The fourth-order valence-electron chi connectivity index (χ4n) is 1.68. The highest BCUT2D eigenvalue weighted by Crippen LogP contribution is 2.10. The van der Waals surface area contributed by atoms with Gasteiger partial charge in [0.2, 0.25) is 0 Å². The number of benzene rings is 1. The summed E-state index contributed by atoms with van der Waals surface area (Å²) in [6.07, 6.45) is 0.154. The van der Waals surface area contributed by atoms with E-state index in [0.29, 0.717) is 18.8 Å². The molecule has 21 heavy (non-hydrogen) atoms. The van der Waals surface area contributed by atoms with Crippen LogP contribution in [0.3, 0.4) is 0 Å². The molecule has 0 aliphatic rings. The van der Waals surface area contributed by atoms with E-state index in [9.17, 15) is 9.59 Å². The molecule has 0 spiro atoms. The number of ether oxygens (including phenoxy) is 2. The van der Waals surface area contributed by atoms with Crippen molar-refractivity contribution in [3.8, 4) is 0 Å². The SMILES string of the molecule is COCCN(CCC(=O)OC)C(=O)Nc1ccc(C)cc1. The summed E-state index contributed by atoms with van der Waals surface area (Å²) in [4.78, 5) is 24.9. The fraction of sp³-hybridized carbons (Fsp3) is 0.467. The predicted molar refractivity (Wildman–Crippen MR) is 80.3 cm³/mol. The molecule has 0 fully saturated rings. The average molecular weight is 294 g/mol. The number of carbonyl (C=O) groups is 2. The maximum absolute atomic E-state index is 12.2. The van der Waals surface area contributed by atoms with Crippen LogP contribution in [-0.4, -0.2) is 50.8 Å². The van der Waals surface area contributed by atoms with Gasteiger partial charge in [0.1, 0.15) is 0 Å². The average Bonchev–Trinajstić information content (AvgIpc) is 2.49. The van der Waals surface area contributed by atoms with Gasteiger partial charge in [0.15, 0.2) is 0 Å². The molecule has 0 aliphatic heterocycles. The van der Waals surface area contributed by atoms with Crippen LogP contribution in [-0.2, 0) is 14.3 Å². The second kappa shape index (κ2) is 8.97. The molecule has 0 radical (unpaired) electrons. The first-order chi connectivity index (χ1) is 10.1. The number of hydrogen-bond donors (Lipinski definition) is 1. The lowest BCUT2D eigenvalue weighted by atomic mass is 10.2. The lowest BCUT2D eigenvalue weighted by molar-refractivity contribution is -0.140. The van der Waals surface area contributed by atoms with Crippen LogP contribution in [0.2, 0.25) is 0 Å². The van der Waals surface area contributed by atoms with Crippen molar-refractivity contribution in [1.29, 1.82) is 0 Å². The Kier molecular flexibility index (Phi) is 7.25. The van der Waals surface area contributed by atoms with Gasteiger partial charge in [-0.15, -0.1) is 0 Å². The number of methoxy groups -OCH3 is 2. The summed E-state index contributed by atoms with van der Waals surface area (Å²) in [6.45, 7) is 3.08. The van der Waals surface area contributed by atoms with Crippen LogP contribution in [0.15, 0.2) is 24.3 Å². The van der Waals surface area contributed by atoms with Crippen molar-refractivity contribution in [3.63, 3.8) is 0 Å². The molecule has 0 saturated carbocycles. The summed E-state index contributed by atoms with van der Waals surface area (Å²) in [6, 6.07) is 7.25. The van der Waals surface area contributed by atoms with Crippen molar-refractivity contribution in [2.45, 2.75) is 13.3 Å². The minimum absolute atomic E-state index is 0.154. The molecule has 1 aromatic rings. The molecule has 0 aliphatic carbocycles. The zero-order valence-corrected chi connectivity index (χ0v) is 12.7. The van der Waals surface area contributed by atoms with Gasteiger partial charge < -0.3 is 19.7 Å². The number of hydrogen-bond acceptors (Lipinski definition) is 4. The van der Waals surface area contributed by atoms with Crippen LogP contribution in [0.4, 0.5) is 10.5 Å². The van der Waals surface area contributed by atoms with Crippen molar-refractivity contribution in [2.75, 3.05) is 39.2 Å². The molecule has 0 saturated heterocycles. The molecule has 0 heterocycles. The van der Waals surface area contributed by atoms with Gasteiger partial charge in [-0.05, 0) is 19.1 Å². The van der Waals surface area contributed by atoms with Crippen LogP contribution in [0.5, 0.6) is 0 Å². The van der Waals surface area contributed by atoms with Gasteiger partial charge in [-0.3, -0.25) is 4.79 Å². The highest BCUT2D eigenvalue weighted by Gasteiger charge is 2.15. The third-order valence-electron chi connectivity index (χ3n) is 2.97. The van der Waals surface area contributed by atoms with Crippen LogP contribution >= 0.6 is 0 Å². The zero-order valence-electron chi connectivity index (χ0n) is 12.7. The third kappa shape index (κ3) is 6.27. The molecule has 6 heteroatoms. The molecule has 0 unspecified atom stereocenters. The smallest absolute Gasteiger partial charge is 0.321 e. The van der Waals surface area contributed by atoms with E-state index < -0.39 is 0 Å². The van der Waals surface area contributed by atoms with Gasteiger partial charge in [-0.2, -0.15) is 0 Å². The quantitative estimate of drug-likeness (QED) is 0.781. The van der Waals surface area contributed by atoms with E-state index >= 15 is 0 Å². The predicted octanol–water partition coefficient (Wildman–Crippen LogP) is 2.04. The highest BCUT2D eigenvalue weighted by atomic mass is 16.5. The molecule has 1 N–H and O–H groups in total. The molecular formula is C15H22N2O4. The number of carbonyl (C=O) groups excluding carboxylic acids is 2. The Morgan fingerprint density at radius 1 is 1.14 bits per heavy atom. The summed E-state index contributed by atoms with van der Waals surface area (Å²) in [5.41, 5.74) is 1.83. The Morgan fingerprint density at radius 3 is 2.38 bits per heavy atom. The van der Waals surface area contributed by atoms with E-state index in [-0.39, 0.29) is 25.0 Å². The first-order valence-corrected chi connectivity index (χ1v) is 6.75. The number of nitrogens with zero attached hydrogens (tertiary/aromatic N) is 1. The van der Waals surface area contributed by atoms with E-state index in [2.05, 4.69) is 10.1 Å². The molecule has 1 rings (SSSR count). The molecular weight excluding hydrogens is 272 g/mol. The Labute approximate surface area is 125 Å². The van der Waals surface area contributed by atoms with Crippen molar-refractivity contribution in [2.24, 2.45) is 0 Å². The minimum atomic E-state index is -0.347. The van der Waals surface area contributed by atoms with E-state index in [4.69, 9.17) is 4.74 Å². The van der Waals surface area contributed by atoms with Gasteiger partial charge >= 0.3 is 12.0 Å². The van der Waals surface area contributed by atoms with Crippen molar-refractivity contribution in [1.82, 2.24) is 4.90 Å². The Balaban J connectivity index is 2.60. The van der Waals surface area contributed by atoms with Gasteiger partial charge in [0, 0.05) is 25.9 Å². The van der Waals surface area contributed by atoms with Gasteiger partial charge in [0.25, 0.3) is 0 Å². The summed E-state index contributed by atoms with van der Waals surface area (Å²) in [5.74, 6) is -0.347. The molecule has 116 valence electrons. The molecule has 0 atom stereocenters. The van der Waals surface area contributed by atoms with Crippen LogP contribution in [0.25, 0.3) is 0 Å². The number of rotatable bonds is 7. The van der Waals surface area contributed by atoms with E-state index in [1.54, 1.807) is 7.11 Å². The van der Waals surface area contributed by atoms with Crippen molar-refractivity contribution in [3.05, 3.63) is 29.8 Å². The summed E-state index contributed by atoms with van der Waals surface area (Å²) < 4.78 is 9.57. The van der Waals surface area contributed by atoms with Gasteiger partial charge in [0.05, 0.1) is 20.1 Å². The Bertz CT molecular complexity index is 459. The maximum atomic E-state index is 12.2. The highest BCUT2D eigenvalue weighted by molar-refractivity contribution is 5.89. The molecule has 2 amide bonds. The standard InChI is InChI=1S/C15H22N2O4/c1-12-4-6-13(7-5-12)16-15(19)17(10-11-20-2)9-8-14(18)21-3/h4-7H,8-11H2,1-3H3,(H,16,19). The number of amides is 2. The second-order valence-corrected chi connectivity index (χ2v) is 4.60. The lowest BCUT2D eigenvalue weighted by Crippen LogP contribution is -2.38. The number of nitrogens with one attached hydrogen (secondary N) is 1. The van der Waals surface area contributed by atoms with Gasteiger partial charge in [-0.25, -0.2) is 4.79 Å². The normalized spacial score (nSPS) is 10.0. The van der Waals surface area contributed by atoms with Crippen LogP contribution in [0, 0.1) is 6.92 Å². The topological polar surface area (TPSA) is 67.9 Å². The molecule has 0 bridgehead atoms. The Morgan fingerprint density at radius 2 is 1.81 bits per heavy atom. The van der Waals surface area contributed by atoms with Crippen molar-refractivity contribution >= 4 is 17.7 Å². The summed E-state index contributed by atoms with van der Waals surface area (Å²) >= 11 is 0. The van der Waals surface area contributed by atoms with Gasteiger partial charge in [-0.1, -0.05) is 17.7 Å². The molecule has 6 nitrogen and oxygen atoms in total. The van der Waals surface area contributed by atoms with E-state index in [1.807, 2.05) is 31.2 Å². The fourth-order valence-corrected chi connectivity index (χ4v) is 1.68. The Hall–Kier alpha value is -2.08. The number of anilines is 1. The minimum Gasteiger partial charge on any atom is -0.469 e. The van der Waals surface area contributed by atoms with Crippen LogP contribution < -0.4 is 5.32 Å². The van der Waals surface area contributed by atoms with Crippen LogP contribution in [0.1, 0.15) is 12.0 Å².